The molecule has 0 aliphatic heterocycles. The van der Waals surface area contributed by atoms with Crippen molar-refractivity contribution in [3.63, 3.8) is 0 Å². The molecule has 0 aromatic heterocycles. The maximum Gasteiger partial charge on any atom is 0.387 e. The zero-order valence-corrected chi connectivity index (χ0v) is 13.8. The molecule has 23 heavy (non-hydrogen) atoms. The van der Waals surface area contributed by atoms with Crippen LogP contribution >= 0.6 is 11.8 Å². The summed E-state index contributed by atoms with van der Waals surface area (Å²) in [5.74, 6) is 0.190. The number of amides is 2. The molecule has 0 saturated carbocycles. The maximum absolute atomic E-state index is 12.2. The van der Waals surface area contributed by atoms with E-state index in [1.807, 2.05) is 6.26 Å². The number of hydrogen-bond donors (Lipinski definition) is 2. The van der Waals surface area contributed by atoms with Gasteiger partial charge < -0.3 is 15.4 Å². The zero-order chi connectivity index (χ0) is 17.2. The first-order chi connectivity index (χ1) is 11.0. The third-order valence-corrected chi connectivity index (χ3v) is 3.57. The molecule has 1 rings (SSSR count). The number of anilines is 1. The molecule has 2 amide bonds. The minimum Gasteiger partial charge on any atom is -0.435 e. The van der Waals surface area contributed by atoms with Crippen molar-refractivity contribution in [3.8, 4) is 5.75 Å². The number of carbonyl (C=O) groups excluding carboxylic acids is 2. The summed E-state index contributed by atoms with van der Waals surface area (Å²) in [4.78, 5) is 23.8. The van der Waals surface area contributed by atoms with Crippen LogP contribution in [0.15, 0.2) is 24.3 Å². The lowest BCUT2D eigenvalue weighted by Crippen LogP contribution is -2.43. The second kappa shape index (κ2) is 10.0. The molecule has 0 spiro atoms. The minimum absolute atomic E-state index is 0.0104. The zero-order valence-electron chi connectivity index (χ0n) is 13.0. The fraction of sp³-hybridized carbons (Fsp3) is 0.467. The van der Waals surface area contributed by atoms with E-state index in [4.69, 9.17) is 0 Å². The van der Waals surface area contributed by atoms with Gasteiger partial charge in [0.2, 0.25) is 11.8 Å². The van der Waals surface area contributed by atoms with E-state index in [0.717, 1.165) is 5.75 Å². The number of alkyl halides is 2. The predicted molar refractivity (Wildman–Crippen MR) is 86.9 cm³/mol. The van der Waals surface area contributed by atoms with Gasteiger partial charge in [-0.1, -0.05) is 6.92 Å². The van der Waals surface area contributed by atoms with Gasteiger partial charge in [-0.2, -0.15) is 20.5 Å². The van der Waals surface area contributed by atoms with Gasteiger partial charge in [0.15, 0.2) is 0 Å². The highest BCUT2D eigenvalue weighted by Gasteiger charge is 2.19. The quantitative estimate of drug-likeness (QED) is 0.721. The SMILES string of the molecule is CCC(=O)N[C@H](CCSC)C(=O)Nc1ccc(OC(F)F)cc1. The van der Waals surface area contributed by atoms with E-state index in [2.05, 4.69) is 15.4 Å². The molecular formula is C15H20F2N2O3S. The Labute approximate surface area is 138 Å². The largest absolute Gasteiger partial charge is 0.435 e. The molecule has 1 aromatic carbocycles. The van der Waals surface area contributed by atoms with Crippen LogP contribution in [0.2, 0.25) is 0 Å². The molecule has 1 atom stereocenters. The molecule has 0 fully saturated rings. The second-order valence-electron chi connectivity index (χ2n) is 4.65. The van der Waals surface area contributed by atoms with E-state index >= 15 is 0 Å². The maximum atomic E-state index is 12.2. The molecular weight excluding hydrogens is 326 g/mol. The summed E-state index contributed by atoms with van der Waals surface area (Å²) < 4.78 is 28.4. The number of hydrogen-bond acceptors (Lipinski definition) is 4. The smallest absolute Gasteiger partial charge is 0.387 e. The van der Waals surface area contributed by atoms with Crippen LogP contribution in [0.1, 0.15) is 19.8 Å². The fourth-order valence-electron chi connectivity index (χ4n) is 1.75. The lowest BCUT2D eigenvalue weighted by molar-refractivity contribution is -0.126. The molecule has 8 heteroatoms. The number of thioether (sulfide) groups is 1. The van der Waals surface area contributed by atoms with Crippen LogP contribution in [-0.2, 0) is 9.59 Å². The van der Waals surface area contributed by atoms with Gasteiger partial charge in [0.05, 0.1) is 0 Å². The summed E-state index contributed by atoms with van der Waals surface area (Å²) in [6.07, 6.45) is 2.71. The molecule has 1 aromatic rings. The van der Waals surface area contributed by atoms with E-state index < -0.39 is 12.7 Å². The normalized spacial score (nSPS) is 11.9. The van der Waals surface area contributed by atoms with Crippen molar-refractivity contribution < 1.29 is 23.1 Å². The van der Waals surface area contributed by atoms with Gasteiger partial charge in [0, 0.05) is 12.1 Å². The third-order valence-electron chi connectivity index (χ3n) is 2.93. The standard InChI is InChI=1S/C15H20F2N2O3S/c1-3-13(20)19-12(8-9-23-2)14(21)18-10-4-6-11(7-5-10)22-15(16)17/h4-7,12,15H,3,8-9H2,1-2H3,(H,18,21)(H,19,20)/t12-/m1/s1. The number of nitrogens with one attached hydrogen (secondary N) is 2. The lowest BCUT2D eigenvalue weighted by Gasteiger charge is -2.18. The highest BCUT2D eigenvalue weighted by Crippen LogP contribution is 2.18. The van der Waals surface area contributed by atoms with Gasteiger partial charge >= 0.3 is 6.61 Å². The van der Waals surface area contributed by atoms with Crippen molar-refractivity contribution >= 4 is 29.3 Å². The Morgan fingerprint density at radius 3 is 2.43 bits per heavy atom. The van der Waals surface area contributed by atoms with E-state index in [1.165, 1.54) is 24.3 Å². The molecule has 0 bridgehead atoms. The van der Waals surface area contributed by atoms with Crippen LogP contribution < -0.4 is 15.4 Å². The first-order valence-electron chi connectivity index (χ1n) is 7.10. The molecule has 0 radical (unpaired) electrons. The molecule has 0 heterocycles. The van der Waals surface area contributed by atoms with E-state index in [9.17, 15) is 18.4 Å². The number of halogens is 2. The number of ether oxygens (including phenoxy) is 1. The topological polar surface area (TPSA) is 67.4 Å². The van der Waals surface area contributed by atoms with Crippen LogP contribution in [0.4, 0.5) is 14.5 Å². The Hall–Kier alpha value is -1.83. The van der Waals surface area contributed by atoms with Crippen LogP contribution in [0.3, 0.4) is 0 Å². The monoisotopic (exact) mass is 346 g/mol. The Bertz CT molecular complexity index is 512. The average Bonchev–Trinajstić information content (AvgIpc) is 2.52. The van der Waals surface area contributed by atoms with Crippen molar-refractivity contribution in [2.24, 2.45) is 0 Å². The average molecular weight is 346 g/mol. The Kier molecular flexibility index (Phi) is 8.39. The first-order valence-corrected chi connectivity index (χ1v) is 8.49. The Morgan fingerprint density at radius 2 is 1.91 bits per heavy atom. The lowest BCUT2D eigenvalue weighted by atomic mass is 10.2. The van der Waals surface area contributed by atoms with Gasteiger partial charge in [-0.3, -0.25) is 9.59 Å². The summed E-state index contributed by atoms with van der Waals surface area (Å²) in [6.45, 7) is -1.18. The van der Waals surface area contributed by atoms with Crippen molar-refractivity contribution in [1.29, 1.82) is 0 Å². The van der Waals surface area contributed by atoms with E-state index in [0.29, 0.717) is 18.5 Å². The van der Waals surface area contributed by atoms with Crippen LogP contribution in [0.25, 0.3) is 0 Å². The predicted octanol–water partition coefficient (Wildman–Crippen LogP) is 2.87. The van der Waals surface area contributed by atoms with Crippen molar-refractivity contribution in [3.05, 3.63) is 24.3 Å². The van der Waals surface area contributed by atoms with Crippen molar-refractivity contribution in [1.82, 2.24) is 5.32 Å². The third kappa shape index (κ3) is 7.32. The summed E-state index contributed by atoms with van der Waals surface area (Å²) in [5, 5.41) is 5.33. The molecule has 0 aliphatic carbocycles. The van der Waals surface area contributed by atoms with Gasteiger partial charge in [0.25, 0.3) is 0 Å². The summed E-state index contributed by atoms with van der Waals surface area (Å²) in [6, 6.07) is 4.96. The van der Waals surface area contributed by atoms with Gasteiger partial charge in [-0.05, 0) is 42.7 Å². The number of carbonyl (C=O) groups is 2. The molecule has 2 N–H and O–H groups in total. The Balaban J connectivity index is 2.67. The number of benzene rings is 1. The molecule has 0 aliphatic rings. The highest BCUT2D eigenvalue weighted by molar-refractivity contribution is 7.98. The van der Waals surface area contributed by atoms with E-state index in [-0.39, 0.29) is 17.6 Å². The van der Waals surface area contributed by atoms with Gasteiger partial charge in [-0.25, -0.2) is 0 Å². The summed E-state index contributed by atoms with van der Waals surface area (Å²) in [5.41, 5.74) is 0.441. The fourth-order valence-corrected chi connectivity index (χ4v) is 2.22. The molecule has 0 unspecified atom stereocenters. The van der Waals surface area contributed by atoms with Gasteiger partial charge in [0.1, 0.15) is 11.8 Å². The van der Waals surface area contributed by atoms with E-state index in [1.54, 1.807) is 18.7 Å². The second-order valence-corrected chi connectivity index (χ2v) is 5.63. The molecule has 5 nitrogen and oxygen atoms in total. The Morgan fingerprint density at radius 1 is 1.26 bits per heavy atom. The summed E-state index contributed by atoms with van der Waals surface area (Å²) in [7, 11) is 0. The van der Waals surface area contributed by atoms with Crippen molar-refractivity contribution in [2.75, 3.05) is 17.3 Å². The number of rotatable bonds is 9. The minimum atomic E-state index is -2.89. The van der Waals surface area contributed by atoms with Gasteiger partial charge in [-0.15, -0.1) is 0 Å². The van der Waals surface area contributed by atoms with Crippen LogP contribution in [0, 0.1) is 0 Å². The first kappa shape index (κ1) is 19.2. The van der Waals surface area contributed by atoms with Crippen LogP contribution in [-0.4, -0.2) is 36.5 Å². The van der Waals surface area contributed by atoms with Crippen LogP contribution in [0.5, 0.6) is 5.75 Å². The summed E-state index contributed by atoms with van der Waals surface area (Å²) >= 11 is 1.58. The molecule has 0 saturated heterocycles. The molecule has 128 valence electrons. The van der Waals surface area contributed by atoms with Crippen molar-refractivity contribution in [2.45, 2.75) is 32.4 Å². The highest BCUT2D eigenvalue weighted by atomic mass is 32.2.